The minimum atomic E-state index is -1.36. The molecule has 0 radical (unpaired) electrons. The van der Waals surface area contributed by atoms with Crippen molar-refractivity contribution in [2.75, 3.05) is 27.3 Å². The number of methoxy groups -OCH3 is 1. The Labute approximate surface area is 109 Å². The lowest BCUT2D eigenvalue weighted by molar-refractivity contribution is -0.134. The van der Waals surface area contributed by atoms with Gasteiger partial charge >= 0.3 is 0 Å². The van der Waals surface area contributed by atoms with Crippen LogP contribution in [-0.2, 0) is 19.1 Å². The molecule has 0 amide bonds. The van der Waals surface area contributed by atoms with Crippen LogP contribution in [0, 0.1) is 0 Å². The van der Waals surface area contributed by atoms with Gasteiger partial charge in [-0.05, 0) is 27.8 Å². The number of carbonyl (C=O) groups is 2. The van der Waals surface area contributed by atoms with Crippen LogP contribution in [0.4, 0.5) is 0 Å². The van der Waals surface area contributed by atoms with Crippen LogP contribution in [-0.4, -0.2) is 62.8 Å². The Hall–Kier alpha value is -0.820. The molecule has 0 aromatic rings. The van der Waals surface area contributed by atoms with Gasteiger partial charge in [0, 0.05) is 13.7 Å². The number of hydrogen-bond donors (Lipinski definition) is 2. The highest BCUT2D eigenvalue weighted by atomic mass is 16.5. The highest BCUT2D eigenvalue weighted by molar-refractivity contribution is 5.68. The summed E-state index contributed by atoms with van der Waals surface area (Å²) in [7, 11) is 3.44. The van der Waals surface area contributed by atoms with Crippen LogP contribution in [0.25, 0.3) is 0 Å². The number of ether oxygens (including phenoxy) is 2. The van der Waals surface area contributed by atoms with Crippen molar-refractivity contribution in [3.05, 3.63) is 0 Å². The van der Waals surface area contributed by atoms with Crippen molar-refractivity contribution in [2.24, 2.45) is 0 Å². The molecule has 0 unspecified atom stereocenters. The Balaban J connectivity index is 0. The van der Waals surface area contributed by atoms with Crippen LogP contribution in [0.5, 0.6) is 0 Å². The van der Waals surface area contributed by atoms with Gasteiger partial charge in [-0.3, -0.25) is 0 Å². The highest BCUT2D eigenvalue weighted by Gasteiger charge is 2.17. The molecule has 108 valence electrons. The predicted octanol–water partition coefficient (Wildman–Crippen LogP) is -0.219. The standard InChI is InChI=1S/C7H13NO4.C5H12O/c1-8-2-3-12-7(5-10)6(11)4-9;1-5(2,3)6-4/h4-8,11H,2-3H2,1H3;1-4H3/t6-,7-;/m0./s1. The Bertz CT molecular complexity index is 215. The Morgan fingerprint density at radius 3 is 2.06 bits per heavy atom. The number of carbonyl (C=O) groups excluding carboxylic acids is 2. The van der Waals surface area contributed by atoms with Crippen LogP contribution >= 0.6 is 0 Å². The Kier molecular flexibility index (Phi) is 12.2. The van der Waals surface area contributed by atoms with E-state index in [0.29, 0.717) is 12.8 Å². The number of aldehydes is 2. The molecule has 0 rings (SSSR count). The molecular weight excluding hydrogens is 238 g/mol. The van der Waals surface area contributed by atoms with E-state index in [1.165, 1.54) is 0 Å². The zero-order chi connectivity index (χ0) is 14.6. The number of likely N-dealkylation sites (N-methyl/N-ethyl adjacent to an activating group) is 1. The summed E-state index contributed by atoms with van der Waals surface area (Å²) in [6.45, 7) is 6.91. The Morgan fingerprint density at radius 2 is 1.78 bits per heavy atom. The van der Waals surface area contributed by atoms with E-state index in [2.05, 4.69) is 5.32 Å². The van der Waals surface area contributed by atoms with E-state index in [-0.39, 0.29) is 18.5 Å². The van der Waals surface area contributed by atoms with Crippen molar-refractivity contribution in [2.45, 2.75) is 38.6 Å². The van der Waals surface area contributed by atoms with Gasteiger partial charge in [0.1, 0.15) is 12.2 Å². The van der Waals surface area contributed by atoms with Crippen molar-refractivity contribution in [1.82, 2.24) is 5.32 Å². The van der Waals surface area contributed by atoms with Gasteiger partial charge in [-0.25, -0.2) is 0 Å². The molecule has 6 heteroatoms. The summed E-state index contributed by atoms with van der Waals surface area (Å²) >= 11 is 0. The molecule has 0 aliphatic carbocycles. The predicted molar refractivity (Wildman–Crippen MR) is 68.6 cm³/mol. The fraction of sp³-hybridized carbons (Fsp3) is 0.833. The molecule has 0 spiro atoms. The molecule has 0 heterocycles. The van der Waals surface area contributed by atoms with Gasteiger partial charge in [-0.2, -0.15) is 0 Å². The third-order valence-electron chi connectivity index (χ3n) is 1.88. The van der Waals surface area contributed by atoms with Gasteiger partial charge in [-0.15, -0.1) is 0 Å². The lowest BCUT2D eigenvalue weighted by Gasteiger charge is -2.14. The molecule has 0 aliphatic heterocycles. The van der Waals surface area contributed by atoms with Crippen molar-refractivity contribution < 1.29 is 24.2 Å². The van der Waals surface area contributed by atoms with Crippen LogP contribution < -0.4 is 5.32 Å². The summed E-state index contributed by atoms with van der Waals surface area (Å²) in [5, 5.41) is 11.7. The minimum Gasteiger partial charge on any atom is -0.382 e. The maximum atomic E-state index is 10.2. The van der Waals surface area contributed by atoms with Crippen LogP contribution in [0.1, 0.15) is 20.8 Å². The van der Waals surface area contributed by atoms with E-state index < -0.39 is 12.2 Å². The number of hydrogen-bond acceptors (Lipinski definition) is 6. The van der Waals surface area contributed by atoms with Gasteiger partial charge < -0.3 is 29.5 Å². The monoisotopic (exact) mass is 263 g/mol. The average molecular weight is 263 g/mol. The maximum Gasteiger partial charge on any atom is 0.151 e. The molecule has 2 atom stereocenters. The second-order valence-corrected chi connectivity index (χ2v) is 4.52. The summed E-state index contributed by atoms with van der Waals surface area (Å²) < 4.78 is 9.81. The summed E-state index contributed by atoms with van der Waals surface area (Å²) in [6, 6.07) is 0. The molecule has 0 saturated heterocycles. The van der Waals surface area contributed by atoms with Crippen molar-refractivity contribution in [3.63, 3.8) is 0 Å². The van der Waals surface area contributed by atoms with Gasteiger partial charge in [0.25, 0.3) is 0 Å². The molecule has 0 aromatic heterocycles. The van der Waals surface area contributed by atoms with E-state index in [0.717, 1.165) is 0 Å². The SMILES string of the molecule is CNCCO[C@@H](C=O)[C@@H](O)C=O.COC(C)(C)C. The normalized spacial score (nSPS) is 14.1. The van der Waals surface area contributed by atoms with Crippen LogP contribution in [0.2, 0.25) is 0 Å². The second-order valence-electron chi connectivity index (χ2n) is 4.52. The fourth-order valence-corrected chi connectivity index (χ4v) is 0.593. The van der Waals surface area contributed by atoms with Crippen molar-refractivity contribution in [3.8, 4) is 0 Å². The van der Waals surface area contributed by atoms with Gasteiger partial charge in [0.2, 0.25) is 0 Å². The largest absolute Gasteiger partial charge is 0.382 e. The van der Waals surface area contributed by atoms with E-state index in [4.69, 9.17) is 14.6 Å². The zero-order valence-electron chi connectivity index (χ0n) is 11.8. The van der Waals surface area contributed by atoms with Crippen molar-refractivity contribution in [1.29, 1.82) is 0 Å². The van der Waals surface area contributed by atoms with E-state index >= 15 is 0 Å². The summed E-state index contributed by atoms with van der Waals surface area (Å²) in [5.41, 5.74) is 0.0417. The third kappa shape index (κ3) is 13.2. The molecule has 0 aliphatic rings. The molecule has 6 nitrogen and oxygen atoms in total. The van der Waals surface area contributed by atoms with Gasteiger partial charge in [-0.1, -0.05) is 0 Å². The molecule has 0 aromatic carbocycles. The average Bonchev–Trinajstić information content (AvgIpc) is 2.34. The second kappa shape index (κ2) is 11.3. The number of aliphatic hydroxyl groups is 1. The molecule has 0 bridgehead atoms. The van der Waals surface area contributed by atoms with Gasteiger partial charge in [0.15, 0.2) is 12.6 Å². The Morgan fingerprint density at radius 1 is 1.28 bits per heavy atom. The molecule has 0 saturated carbocycles. The summed E-state index contributed by atoms with van der Waals surface area (Å²) in [4.78, 5) is 20.3. The number of nitrogens with one attached hydrogen (secondary N) is 1. The smallest absolute Gasteiger partial charge is 0.151 e. The molecular formula is C12H25NO5. The minimum absolute atomic E-state index is 0.0417. The third-order valence-corrected chi connectivity index (χ3v) is 1.88. The van der Waals surface area contributed by atoms with Crippen LogP contribution in [0.15, 0.2) is 0 Å². The summed E-state index contributed by atoms with van der Waals surface area (Å²) in [5.74, 6) is 0. The molecule has 18 heavy (non-hydrogen) atoms. The molecule has 0 fully saturated rings. The van der Waals surface area contributed by atoms with E-state index in [1.54, 1.807) is 14.2 Å². The fourth-order valence-electron chi connectivity index (χ4n) is 0.593. The number of aliphatic hydroxyl groups excluding tert-OH is 1. The van der Waals surface area contributed by atoms with Gasteiger partial charge in [0.05, 0.1) is 12.2 Å². The first kappa shape index (κ1) is 19.5. The molecule has 2 N–H and O–H groups in total. The lowest BCUT2D eigenvalue weighted by Crippen LogP contribution is -2.33. The lowest BCUT2D eigenvalue weighted by atomic mass is 10.2. The van der Waals surface area contributed by atoms with E-state index in [9.17, 15) is 9.59 Å². The zero-order valence-corrected chi connectivity index (χ0v) is 11.8. The number of rotatable bonds is 7. The first-order valence-corrected chi connectivity index (χ1v) is 5.72. The highest BCUT2D eigenvalue weighted by Crippen LogP contribution is 2.02. The van der Waals surface area contributed by atoms with Crippen molar-refractivity contribution >= 4 is 12.6 Å². The topological polar surface area (TPSA) is 84.9 Å². The first-order chi connectivity index (χ1) is 8.32. The van der Waals surface area contributed by atoms with E-state index in [1.807, 2.05) is 20.8 Å². The summed E-state index contributed by atoms with van der Waals surface area (Å²) in [6.07, 6.45) is -1.72. The first-order valence-electron chi connectivity index (χ1n) is 5.72. The maximum absolute atomic E-state index is 10.2. The van der Waals surface area contributed by atoms with Crippen LogP contribution in [0.3, 0.4) is 0 Å². The quantitative estimate of drug-likeness (QED) is 0.488.